The van der Waals surface area contributed by atoms with Crippen molar-refractivity contribution in [2.45, 2.75) is 0 Å². The Hall–Kier alpha value is -2.18. The number of nitrogens with zero attached hydrogens (tertiary/aromatic N) is 1. The quantitative estimate of drug-likeness (QED) is 0.455. The van der Waals surface area contributed by atoms with E-state index in [2.05, 4.69) is 15.9 Å². The molecule has 0 bridgehead atoms. The number of halogens is 2. The molecule has 0 saturated heterocycles. The van der Waals surface area contributed by atoms with Crippen LogP contribution in [0.2, 0.25) is 5.02 Å². The van der Waals surface area contributed by atoms with E-state index in [-0.39, 0.29) is 21.9 Å². The smallest absolute Gasteiger partial charge is 0.331 e. The maximum Gasteiger partial charge on any atom is 0.331 e. The molecule has 0 unspecified atom stereocenters. The molecule has 0 saturated carbocycles. The SMILES string of the molecule is O=C(CN1C(=O)c2ccccc2C1=O)Oc1ccc(Br)cc1Cl. The molecule has 0 aliphatic carbocycles. The van der Waals surface area contributed by atoms with E-state index in [1.165, 1.54) is 6.07 Å². The standard InChI is InChI=1S/C16H9BrClNO4/c17-9-5-6-13(12(18)7-9)23-14(20)8-19-15(21)10-3-1-2-4-11(10)16(19)22/h1-7H,8H2. The number of carbonyl (C=O) groups is 3. The van der Waals surface area contributed by atoms with Crippen LogP contribution in [-0.2, 0) is 4.79 Å². The minimum absolute atomic E-state index is 0.163. The molecule has 0 fully saturated rings. The van der Waals surface area contributed by atoms with Gasteiger partial charge in [0.1, 0.15) is 12.3 Å². The van der Waals surface area contributed by atoms with Crippen LogP contribution in [0.4, 0.5) is 0 Å². The monoisotopic (exact) mass is 393 g/mol. The van der Waals surface area contributed by atoms with Crippen molar-refractivity contribution in [2.75, 3.05) is 6.54 Å². The Morgan fingerprint density at radius 1 is 1.09 bits per heavy atom. The van der Waals surface area contributed by atoms with Gasteiger partial charge in [0.05, 0.1) is 16.1 Å². The Morgan fingerprint density at radius 3 is 2.26 bits per heavy atom. The second-order valence-electron chi connectivity index (χ2n) is 4.79. The summed E-state index contributed by atoms with van der Waals surface area (Å²) in [7, 11) is 0. The van der Waals surface area contributed by atoms with Crippen LogP contribution in [0.15, 0.2) is 46.9 Å². The van der Waals surface area contributed by atoms with Crippen molar-refractivity contribution in [3.8, 4) is 5.75 Å². The van der Waals surface area contributed by atoms with Crippen LogP contribution >= 0.6 is 27.5 Å². The first-order chi connectivity index (χ1) is 11.0. The van der Waals surface area contributed by atoms with Crippen LogP contribution in [0.5, 0.6) is 5.75 Å². The highest BCUT2D eigenvalue weighted by Gasteiger charge is 2.36. The zero-order valence-electron chi connectivity index (χ0n) is 11.6. The van der Waals surface area contributed by atoms with Crippen LogP contribution in [-0.4, -0.2) is 29.2 Å². The summed E-state index contributed by atoms with van der Waals surface area (Å²) in [5.74, 6) is -1.60. The Morgan fingerprint density at radius 2 is 1.70 bits per heavy atom. The van der Waals surface area contributed by atoms with Gasteiger partial charge in [0.2, 0.25) is 0 Å². The lowest BCUT2D eigenvalue weighted by molar-refractivity contribution is -0.134. The van der Waals surface area contributed by atoms with E-state index in [1.54, 1.807) is 36.4 Å². The molecule has 2 aromatic rings. The van der Waals surface area contributed by atoms with E-state index in [0.29, 0.717) is 0 Å². The van der Waals surface area contributed by atoms with E-state index in [9.17, 15) is 14.4 Å². The third kappa shape index (κ3) is 3.00. The van der Waals surface area contributed by atoms with Crippen LogP contribution in [0.25, 0.3) is 0 Å². The maximum atomic E-state index is 12.2. The normalized spacial score (nSPS) is 13.2. The van der Waals surface area contributed by atoms with Crippen molar-refractivity contribution >= 4 is 45.3 Å². The Balaban J connectivity index is 1.74. The highest BCUT2D eigenvalue weighted by atomic mass is 79.9. The molecule has 0 aromatic heterocycles. The molecule has 7 heteroatoms. The number of amides is 2. The number of ether oxygens (including phenoxy) is 1. The van der Waals surface area contributed by atoms with Gasteiger partial charge in [-0.25, -0.2) is 4.79 Å². The minimum atomic E-state index is -0.747. The third-order valence-electron chi connectivity index (χ3n) is 3.28. The number of esters is 1. The summed E-state index contributed by atoms with van der Waals surface area (Å²) < 4.78 is 5.86. The van der Waals surface area contributed by atoms with Crippen molar-refractivity contribution in [3.05, 3.63) is 63.1 Å². The van der Waals surface area contributed by atoms with E-state index >= 15 is 0 Å². The highest BCUT2D eigenvalue weighted by molar-refractivity contribution is 9.10. The fourth-order valence-electron chi connectivity index (χ4n) is 2.22. The first kappa shape index (κ1) is 15.7. The fourth-order valence-corrected chi connectivity index (χ4v) is 2.94. The van der Waals surface area contributed by atoms with Gasteiger partial charge < -0.3 is 4.74 Å². The summed E-state index contributed by atoms with van der Waals surface area (Å²) in [5, 5.41) is 0.245. The van der Waals surface area contributed by atoms with Gasteiger partial charge in [0.25, 0.3) is 11.8 Å². The lowest BCUT2D eigenvalue weighted by Crippen LogP contribution is -2.36. The number of carbonyl (C=O) groups excluding carboxylic acids is 3. The topological polar surface area (TPSA) is 63.7 Å². The minimum Gasteiger partial charge on any atom is -0.424 e. The van der Waals surface area contributed by atoms with Crippen LogP contribution in [0, 0.1) is 0 Å². The summed E-state index contributed by atoms with van der Waals surface area (Å²) >= 11 is 9.21. The number of rotatable bonds is 3. The molecule has 3 rings (SSSR count). The van der Waals surface area contributed by atoms with E-state index in [4.69, 9.17) is 16.3 Å². The maximum absolute atomic E-state index is 12.2. The first-order valence-corrected chi connectivity index (χ1v) is 7.75. The Labute approximate surface area is 144 Å². The molecular formula is C16H9BrClNO4. The van der Waals surface area contributed by atoms with Crippen molar-refractivity contribution in [1.82, 2.24) is 4.90 Å². The lowest BCUT2D eigenvalue weighted by Gasteiger charge is -2.13. The van der Waals surface area contributed by atoms with Gasteiger partial charge in [-0.05, 0) is 30.3 Å². The summed E-state index contributed by atoms with van der Waals surface area (Å²) in [4.78, 5) is 37.2. The molecule has 0 spiro atoms. The fraction of sp³-hybridized carbons (Fsp3) is 0.0625. The largest absolute Gasteiger partial charge is 0.424 e. The average molecular weight is 395 g/mol. The number of hydrogen-bond donors (Lipinski definition) is 0. The van der Waals surface area contributed by atoms with E-state index in [0.717, 1.165) is 9.37 Å². The molecule has 0 N–H and O–H groups in total. The molecule has 23 heavy (non-hydrogen) atoms. The zero-order chi connectivity index (χ0) is 16.6. The van der Waals surface area contributed by atoms with E-state index < -0.39 is 24.3 Å². The van der Waals surface area contributed by atoms with Gasteiger partial charge in [-0.15, -0.1) is 0 Å². The Kier molecular flexibility index (Phi) is 4.19. The van der Waals surface area contributed by atoms with Crippen LogP contribution < -0.4 is 4.74 Å². The summed E-state index contributed by atoms with van der Waals surface area (Å²) in [6, 6.07) is 11.2. The zero-order valence-corrected chi connectivity index (χ0v) is 13.9. The van der Waals surface area contributed by atoms with Gasteiger partial charge in [-0.1, -0.05) is 39.7 Å². The predicted molar refractivity (Wildman–Crippen MR) is 86.6 cm³/mol. The molecule has 0 radical (unpaired) electrons. The molecular weight excluding hydrogens is 386 g/mol. The number of fused-ring (bicyclic) bond motifs is 1. The van der Waals surface area contributed by atoms with Crippen LogP contribution in [0.1, 0.15) is 20.7 Å². The molecule has 5 nitrogen and oxygen atoms in total. The van der Waals surface area contributed by atoms with Gasteiger partial charge in [-0.2, -0.15) is 0 Å². The molecule has 116 valence electrons. The average Bonchev–Trinajstić information content (AvgIpc) is 2.76. The second kappa shape index (κ2) is 6.14. The summed E-state index contributed by atoms with van der Waals surface area (Å²) in [6.07, 6.45) is 0. The molecule has 2 amide bonds. The molecule has 1 aliphatic rings. The molecule has 2 aromatic carbocycles. The van der Waals surface area contributed by atoms with Crippen molar-refractivity contribution < 1.29 is 19.1 Å². The highest BCUT2D eigenvalue weighted by Crippen LogP contribution is 2.28. The Bertz CT molecular complexity index is 802. The molecule has 0 atom stereocenters. The van der Waals surface area contributed by atoms with Crippen molar-refractivity contribution in [2.24, 2.45) is 0 Å². The molecule has 1 heterocycles. The van der Waals surface area contributed by atoms with Gasteiger partial charge in [0, 0.05) is 4.47 Å². The van der Waals surface area contributed by atoms with Gasteiger partial charge in [-0.3, -0.25) is 14.5 Å². The molecule has 1 aliphatic heterocycles. The van der Waals surface area contributed by atoms with E-state index in [1.807, 2.05) is 0 Å². The van der Waals surface area contributed by atoms with Gasteiger partial charge in [0.15, 0.2) is 0 Å². The van der Waals surface area contributed by atoms with Crippen molar-refractivity contribution in [1.29, 1.82) is 0 Å². The first-order valence-electron chi connectivity index (χ1n) is 6.58. The van der Waals surface area contributed by atoms with Gasteiger partial charge >= 0.3 is 5.97 Å². The lowest BCUT2D eigenvalue weighted by atomic mass is 10.1. The summed E-state index contributed by atoms with van der Waals surface area (Å²) in [6.45, 7) is -0.473. The number of imide groups is 1. The summed E-state index contributed by atoms with van der Waals surface area (Å²) in [5.41, 5.74) is 0.568. The predicted octanol–water partition coefficient (Wildman–Crippen LogP) is 3.30. The number of benzene rings is 2. The van der Waals surface area contributed by atoms with Crippen molar-refractivity contribution in [3.63, 3.8) is 0 Å². The van der Waals surface area contributed by atoms with Crippen LogP contribution in [0.3, 0.4) is 0 Å². The third-order valence-corrected chi connectivity index (χ3v) is 4.07. The number of hydrogen-bond acceptors (Lipinski definition) is 4. The second-order valence-corrected chi connectivity index (χ2v) is 6.11.